The van der Waals surface area contributed by atoms with E-state index in [1.807, 2.05) is 12.1 Å². The van der Waals surface area contributed by atoms with Crippen molar-refractivity contribution >= 4 is 74.3 Å². The van der Waals surface area contributed by atoms with Crippen molar-refractivity contribution in [3.05, 3.63) is 189 Å². The van der Waals surface area contributed by atoms with Crippen molar-refractivity contribution in [1.82, 2.24) is 8.61 Å². The van der Waals surface area contributed by atoms with Crippen molar-refractivity contribution in [2.45, 2.75) is 73.1 Å². The number of nitrogens with zero attached hydrogens (tertiary/aromatic N) is 2. The predicted octanol–water partition coefficient (Wildman–Crippen LogP) is 9.32. The lowest BCUT2D eigenvalue weighted by atomic mass is 10.1. The zero-order valence-corrected chi connectivity index (χ0v) is 45.0. The zero-order chi connectivity index (χ0) is 56.4. The fourth-order valence-electron chi connectivity index (χ4n) is 7.94. The van der Waals surface area contributed by atoms with Gasteiger partial charge in [-0.2, -0.15) is 8.61 Å². The summed E-state index contributed by atoms with van der Waals surface area (Å²) in [6.45, 7) is -1.72. The number of sulfonamides is 2. The Morgan fingerprint density at radius 2 is 0.910 bits per heavy atom. The van der Waals surface area contributed by atoms with Gasteiger partial charge in [-0.1, -0.05) is 83.9 Å². The number of amides is 2. The van der Waals surface area contributed by atoms with Gasteiger partial charge in [0.15, 0.2) is 0 Å². The van der Waals surface area contributed by atoms with Crippen LogP contribution in [-0.4, -0.2) is 103 Å². The van der Waals surface area contributed by atoms with Crippen molar-refractivity contribution in [3.63, 3.8) is 0 Å². The number of carbonyl (C=O) groups excluding carboxylic acids is 2. The average molecular weight is 1180 g/mol. The first-order chi connectivity index (χ1) is 37.0. The molecule has 6 aromatic rings. The molecule has 2 saturated heterocycles. The topological polar surface area (TPSA) is 238 Å². The summed E-state index contributed by atoms with van der Waals surface area (Å²) in [7, 11) is -13.5. The van der Waals surface area contributed by atoms with Gasteiger partial charge in [-0.05, 0) is 110 Å². The van der Waals surface area contributed by atoms with Gasteiger partial charge in [0.2, 0.25) is 20.0 Å². The lowest BCUT2D eigenvalue weighted by molar-refractivity contribution is 0.0617. The van der Waals surface area contributed by atoms with Crippen LogP contribution in [0, 0.1) is 23.3 Å². The SMILES string of the molecule is O=C(Nc1ccc(F)c(Cl)c1)c1ccc(F)c(S(=O)(=O)N2C[C@H](O)CC[C@H](O)C2)c1.O=C(Nc1ccc(F)c(Cl)c1)c1ccc(F)c(S(=O)(=O)N2C[C@H](O)CC[C@H](OP(=O)(OCc3ccccc3)OCc3ccccc3)C2)c1. The van der Waals surface area contributed by atoms with E-state index in [-0.39, 0.29) is 84.5 Å². The van der Waals surface area contributed by atoms with E-state index in [2.05, 4.69) is 10.6 Å². The molecule has 2 aliphatic rings. The maximum Gasteiger partial charge on any atom is 0.475 e. The molecule has 0 aliphatic carbocycles. The second kappa shape index (κ2) is 26.6. The van der Waals surface area contributed by atoms with Gasteiger partial charge in [0.05, 0.1) is 47.7 Å². The van der Waals surface area contributed by atoms with E-state index in [0.29, 0.717) is 11.1 Å². The summed E-state index contributed by atoms with van der Waals surface area (Å²) in [6, 6.07) is 30.3. The van der Waals surface area contributed by atoms with Crippen LogP contribution >= 0.6 is 31.0 Å². The first kappa shape index (κ1) is 60.0. The summed E-state index contributed by atoms with van der Waals surface area (Å²) in [5.74, 6) is -5.16. The standard InChI is InChI=1S/C33H32ClF2N2O8PS.C19H19ClF2N2O5S/c34-29-18-26(12-16-30(29)35)37-33(40)25-11-15-31(36)32(17-25)48(42,43)38-19-27(39)13-14-28(20-38)46-47(41,44-21-23-7-3-1-4-8-23)45-22-24-9-5-2-6-10-24;20-15-8-12(2-6-16(15)21)23-19(27)11-1-5-17(22)18(7-11)30(28,29)24-9-13(25)3-4-14(26)10-24/h1-12,15-18,27-28,39H,13-14,19-22H2,(H,37,40);1-2,5-8,13-14,25-26H,3-4,9-10H2,(H,23,27)/t27-,28+;13-,14+/m1./s1. The molecule has 26 heteroatoms. The van der Waals surface area contributed by atoms with E-state index < -0.39 is 110 Å². The first-order valence-corrected chi connectivity index (χ1v) is 28.9. The number of β-amino-alcohol motifs (C(OH)–C–C–N with tert-alkyl or cyclic N) is 3. The number of aliphatic hydroxyl groups is 3. The van der Waals surface area contributed by atoms with E-state index >= 15 is 4.39 Å². The molecule has 2 aliphatic heterocycles. The van der Waals surface area contributed by atoms with Crippen molar-refractivity contribution in [2.75, 3.05) is 36.8 Å². The van der Waals surface area contributed by atoms with Crippen LogP contribution in [0.5, 0.6) is 0 Å². The minimum atomic E-state index is -4.69. The van der Waals surface area contributed by atoms with E-state index in [9.17, 15) is 59.5 Å². The number of phosphoric acid groups is 1. The van der Waals surface area contributed by atoms with Gasteiger partial charge in [-0.25, -0.2) is 39.0 Å². The number of carbonyl (C=O) groups is 2. The minimum absolute atomic E-state index is 0.0687. The van der Waals surface area contributed by atoms with Gasteiger partial charge in [0.25, 0.3) is 11.8 Å². The minimum Gasteiger partial charge on any atom is -0.392 e. The van der Waals surface area contributed by atoms with Crippen LogP contribution in [0.25, 0.3) is 0 Å². The van der Waals surface area contributed by atoms with Gasteiger partial charge < -0.3 is 26.0 Å². The maximum atomic E-state index is 15.1. The molecule has 2 fully saturated rings. The smallest absolute Gasteiger partial charge is 0.392 e. The highest BCUT2D eigenvalue weighted by Crippen LogP contribution is 2.53. The molecule has 0 spiro atoms. The number of benzene rings is 6. The van der Waals surface area contributed by atoms with Gasteiger partial charge in [-0.3, -0.25) is 23.2 Å². The number of phosphoric ester groups is 1. The molecule has 78 heavy (non-hydrogen) atoms. The Hall–Kier alpha value is -5.63. The van der Waals surface area contributed by atoms with E-state index in [1.165, 1.54) is 24.3 Å². The van der Waals surface area contributed by atoms with Gasteiger partial charge >= 0.3 is 7.82 Å². The summed E-state index contributed by atoms with van der Waals surface area (Å²) in [4.78, 5) is 23.8. The number of anilines is 2. The molecule has 0 aromatic heterocycles. The first-order valence-electron chi connectivity index (χ1n) is 23.8. The third-order valence-electron chi connectivity index (χ3n) is 12.0. The number of hydrogen-bond donors (Lipinski definition) is 5. The molecule has 4 atom stereocenters. The quantitative estimate of drug-likeness (QED) is 0.0449. The van der Waals surface area contributed by atoms with Crippen LogP contribution in [0.2, 0.25) is 10.0 Å². The van der Waals surface area contributed by atoms with Crippen molar-refractivity contribution in [2.24, 2.45) is 0 Å². The Balaban J connectivity index is 0.000000252. The summed E-state index contributed by atoms with van der Waals surface area (Å²) < 4.78 is 143. The summed E-state index contributed by atoms with van der Waals surface area (Å²) >= 11 is 11.4. The lowest BCUT2D eigenvalue weighted by Gasteiger charge is -2.27. The van der Waals surface area contributed by atoms with Crippen LogP contribution < -0.4 is 10.6 Å². The largest absolute Gasteiger partial charge is 0.475 e. The summed E-state index contributed by atoms with van der Waals surface area (Å²) in [6.07, 6.45) is -3.71. The second-order valence-electron chi connectivity index (χ2n) is 17.9. The Morgan fingerprint density at radius 1 is 0.538 bits per heavy atom. The molecule has 5 N–H and O–H groups in total. The molecule has 2 heterocycles. The van der Waals surface area contributed by atoms with Gasteiger partial charge in [0, 0.05) is 48.7 Å². The third kappa shape index (κ3) is 16.0. The number of aliphatic hydroxyl groups excluding tert-OH is 3. The fraction of sp³-hybridized carbons (Fsp3) is 0.269. The second-order valence-corrected chi connectivity index (χ2v) is 24.2. The highest BCUT2D eigenvalue weighted by Gasteiger charge is 2.39. The Morgan fingerprint density at radius 3 is 1.31 bits per heavy atom. The van der Waals surface area contributed by atoms with Crippen molar-refractivity contribution in [1.29, 1.82) is 0 Å². The molecule has 8 rings (SSSR count). The zero-order valence-electron chi connectivity index (χ0n) is 40.9. The van der Waals surface area contributed by atoms with E-state index in [4.69, 9.17) is 36.8 Å². The number of rotatable bonds is 16. The number of hydrogen-bond acceptors (Lipinski definition) is 13. The van der Waals surface area contributed by atoms with Crippen molar-refractivity contribution in [3.8, 4) is 0 Å². The number of halogens is 6. The van der Waals surface area contributed by atoms with Crippen LogP contribution in [-0.2, 0) is 51.4 Å². The van der Waals surface area contributed by atoms with Crippen LogP contribution in [0.1, 0.15) is 57.5 Å². The Labute approximate surface area is 457 Å². The molecular formula is C52H51Cl2F4N4O13PS2. The third-order valence-corrected chi connectivity index (χ3v) is 17.7. The predicted molar refractivity (Wildman–Crippen MR) is 280 cm³/mol. The average Bonchev–Trinajstić information content (AvgIpc) is 3.73. The maximum absolute atomic E-state index is 15.1. The Kier molecular flexibility index (Phi) is 20.4. The molecule has 6 aromatic carbocycles. The molecular weight excluding hydrogens is 1130 g/mol. The summed E-state index contributed by atoms with van der Waals surface area (Å²) in [5, 5.41) is 34.8. The summed E-state index contributed by atoms with van der Waals surface area (Å²) in [5.41, 5.74) is 1.29. The molecule has 416 valence electrons. The fourth-order valence-corrected chi connectivity index (χ4v) is 12.9. The molecule has 2 amide bonds. The van der Waals surface area contributed by atoms with Crippen LogP contribution in [0.4, 0.5) is 28.9 Å². The monoisotopic (exact) mass is 1180 g/mol. The molecule has 0 radical (unpaired) electrons. The van der Waals surface area contributed by atoms with Crippen LogP contribution in [0.15, 0.2) is 143 Å². The molecule has 17 nitrogen and oxygen atoms in total. The van der Waals surface area contributed by atoms with E-state index in [0.717, 1.165) is 57.1 Å². The highest BCUT2D eigenvalue weighted by molar-refractivity contribution is 7.89. The molecule has 0 bridgehead atoms. The number of nitrogens with one attached hydrogen (secondary N) is 2. The highest BCUT2D eigenvalue weighted by atomic mass is 35.5. The molecule has 0 unspecified atom stereocenters. The van der Waals surface area contributed by atoms with Crippen molar-refractivity contribution < 1.29 is 77.4 Å². The lowest BCUT2D eigenvalue weighted by Crippen LogP contribution is -2.40. The van der Waals surface area contributed by atoms with Gasteiger partial charge in [-0.15, -0.1) is 0 Å². The van der Waals surface area contributed by atoms with E-state index in [1.54, 1.807) is 48.5 Å². The normalized spacial score (nSPS) is 18.7. The molecule has 0 saturated carbocycles. The van der Waals surface area contributed by atoms with Gasteiger partial charge in [0.1, 0.15) is 33.1 Å². The Bertz CT molecular complexity index is 3320. The van der Waals surface area contributed by atoms with Crippen LogP contribution in [0.3, 0.4) is 0 Å².